The molecule has 0 aromatic heterocycles. The van der Waals surface area contributed by atoms with E-state index in [1.165, 1.54) is 0 Å². The molecule has 0 spiro atoms. The number of hydrogen-bond donors (Lipinski definition) is 3. The molecule has 0 aliphatic heterocycles. The van der Waals surface area contributed by atoms with Gasteiger partial charge < -0.3 is 16.4 Å². The van der Waals surface area contributed by atoms with Crippen LogP contribution in [0.2, 0.25) is 0 Å². The molecule has 0 fully saturated rings. The lowest BCUT2D eigenvalue weighted by atomic mass is 10.1. The van der Waals surface area contributed by atoms with Gasteiger partial charge in [0.15, 0.2) is 0 Å². The molecule has 0 saturated heterocycles. The van der Waals surface area contributed by atoms with Crippen LogP contribution in [0, 0.1) is 0 Å². The third-order valence-electron chi connectivity index (χ3n) is 2.96. The zero-order chi connectivity index (χ0) is 15.1. The summed E-state index contributed by atoms with van der Waals surface area (Å²) in [7, 11) is 0. The highest BCUT2D eigenvalue weighted by molar-refractivity contribution is 5.92. The normalized spacial score (nSPS) is 9.90. The van der Waals surface area contributed by atoms with E-state index in [1.807, 2.05) is 36.4 Å². The molecule has 2 rings (SSSR count). The van der Waals surface area contributed by atoms with E-state index >= 15 is 0 Å². The van der Waals surface area contributed by atoms with Gasteiger partial charge in [0.1, 0.15) is 0 Å². The summed E-state index contributed by atoms with van der Waals surface area (Å²) in [5, 5.41) is 5.50. The SMILES string of the molecule is NC(=O)c1cccc(CNC(=O)NCc2ccccc2)c1. The van der Waals surface area contributed by atoms with Crippen LogP contribution in [0.1, 0.15) is 21.5 Å². The molecule has 2 aromatic rings. The molecular formula is C16H17N3O2. The van der Waals surface area contributed by atoms with Gasteiger partial charge in [-0.1, -0.05) is 42.5 Å². The monoisotopic (exact) mass is 283 g/mol. The quantitative estimate of drug-likeness (QED) is 0.781. The number of nitrogens with one attached hydrogen (secondary N) is 2. The van der Waals surface area contributed by atoms with Crippen molar-refractivity contribution >= 4 is 11.9 Å². The highest BCUT2D eigenvalue weighted by atomic mass is 16.2. The van der Waals surface area contributed by atoms with Crippen LogP contribution in [0.25, 0.3) is 0 Å². The standard InChI is InChI=1S/C16H17N3O2/c17-15(20)14-8-4-7-13(9-14)11-19-16(21)18-10-12-5-2-1-3-6-12/h1-9H,10-11H2,(H2,17,20)(H2,18,19,21). The number of carbonyl (C=O) groups excluding carboxylic acids is 2. The minimum Gasteiger partial charge on any atom is -0.366 e. The average molecular weight is 283 g/mol. The Hall–Kier alpha value is -2.82. The fourth-order valence-electron chi connectivity index (χ4n) is 1.86. The van der Waals surface area contributed by atoms with Crippen molar-refractivity contribution in [2.45, 2.75) is 13.1 Å². The van der Waals surface area contributed by atoms with Gasteiger partial charge >= 0.3 is 6.03 Å². The molecule has 0 aliphatic carbocycles. The summed E-state index contributed by atoms with van der Waals surface area (Å²) in [4.78, 5) is 22.8. The minimum absolute atomic E-state index is 0.261. The first kappa shape index (κ1) is 14.6. The van der Waals surface area contributed by atoms with Crippen molar-refractivity contribution in [3.05, 3.63) is 71.3 Å². The molecule has 108 valence electrons. The molecule has 0 saturated carbocycles. The Morgan fingerprint density at radius 1 is 0.857 bits per heavy atom. The minimum atomic E-state index is -0.481. The Labute approximate surface area is 123 Å². The summed E-state index contributed by atoms with van der Waals surface area (Å²) in [6.45, 7) is 0.801. The van der Waals surface area contributed by atoms with Gasteiger partial charge in [0, 0.05) is 18.7 Å². The number of urea groups is 1. The van der Waals surface area contributed by atoms with Crippen molar-refractivity contribution in [1.29, 1.82) is 0 Å². The van der Waals surface area contributed by atoms with Crippen LogP contribution in [-0.2, 0) is 13.1 Å². The Balaban J connectivity index is 1.81. The maximum absolute atomic E-state index is 11.7. The molecule has 0 radical (unpaired) electrons. The average Bonchev–Trinajstić information content (AvgIpc) is 2.52. The van der Waals surface area contributed by atoms with Crippen molar-refractivity contribution in [2.24, 2.45) is 5.73 Å². The van der Waals surface area contributed by atoms with Gasteiger partial charge in [-0.2, -0.15) is 0 Å². The molecule has 0 unspecified atom stereocenters. The van der Waals surface area contributed by atoms with Crippen molar-refractivity contribution in [3.63, 3.8) is 0 Å². The number of primary amides is 1. The number of nitrogens with two attached hydrogens (primary N) is 1. The summed E-state index contributed by atoms with van der Waals surface area (Å²) in [6, 6.07) is 16.3. The Morgan fingerprint density at radius 2 is 1.48 bits per heavy atom. The molecule has 0 bridgehead atoms. The number of hydrogen-bond acceptors (Lipinski definition) is 2. The van der Waals surface area contributed by atoms with E-state index < -0.39 is 5.91 Å². The number of benzene rings is 2. The molecule has 21 heavy (non-hydrogen) atoms. The maximum atomic E-state index is 11.7. The smallest absolute Gasteiger partial charge is 0.315 e. The molecular weight excluding hydrogens is 266 g/mol. The third-order valence-corrected chi connectivity index (χ3v) is 2.96. The van der Waals surface area contributed by atoms with Crippen LogP contribution in [-0.4, -0.2) is 11.9 Å². The van der Waals surface area contributed by atoms with Gasteiger partial charge in [-0.15, -0.1) is 0 Å². The van der Waals surface area contributed by atoms with E-state index in [4.69, 9.17) is 5.73 Å². The molecule has 2 aromatic carbocycles. The summed E-state index contributed by atoms with van der Waals surface area (Å²) in [5.41, 5.74) is 7.49. The van der Waals surface area contributed by atoms with E-state index in [0.29, 0.717) is 18.7 Å². The molecule has 4 N–H and O–H groups in total. The first-order valence-electron chi connectivity index (χ1n) is 6.59. The predicted octanol–water partition coefficient (Wildman–Crippen LogP) is 1.78. The molecule has 0 heterocycles. The fraction of sp³-hybridized carbons (Fsp3) is 0.125. The number of rotatable bonds is 5. The molecule has 0 atom stereocenters. The molecule has 5 nitrogen and oxygen atoms in total. The van der Waals surface area contributed by atoms with E-state index in [2.05, 4.69) is 10.6 Å². The van der Waals surface area contributed by atoms with Crippen molar-refractivity contribution in [3.8, 4) is 0 Å². The highest BCUT2D eigenvalue weighted by Crippen LogP contribution is 2.04. The zero-order valence-electron chi connectivity index (χ0n) is 11.5. The van der Waals surface area contributed by atoms with Gasteiger partial charge in [-0.25, -0.2) is 4.79 Å². The first-order valence-corrected chi connectivity index (χ1v) is 6.59. The lowest BCUT2D eigenvalue weighted by Gasteiger charge is -2.08. The second-order valence-corrected chi connectivity index (χ2v) is 4.59. The topological polar surface area (TPSA) is 84.2 Å². The summed E-state index contributed by atoms with van der Waals surface area (Å²) >= 11 is 0. The third kappa shape index (κ3) is 4.65. The van der Waals surface area contributed by atoms with Crippen molar-refractivity contribution in [1.82, 2.24) is 10.6 Å². The Bertz CT molecular complexity index is 626. The highest BCUT2D eigenvalue weighted by Gasteiger charge is 2.03. The Morgan fingerprint density at radius 3 is 2.14 bits per heavy atom. The van der Waals surface area contributed by atoms with Crippen LogP contribution in [0.15, 0.2) is 54.6 Å². The second kappa shape index (κ2) is 7.09. The predicted molar refractivity (Wildman–Crippen MR) is 80.5 cm³/mol. The van der Waals surface area contributed by atoms with E-state index in [-0.39, 0.29) is 6.03 Å². The molecule has 3 amide bonds. The van der Waals surface area contributed by atoms with Gasteiger partial charge in [-0.3, -0.25) is 4.79 Å². The van der Waals surface area contributed by atoms with Crippen LogP contribution < -0.4 is 16.4 Å². The first-order chi connectivity index (χ1) is 10.1. The summed E-state index contributed by atoms with van der Waals surface area (Å²) in [6.07, 6.45) is 0. The lowest BCUT2D eigenvalue weighted by Crippen LogP contribution is -2.34. The maximum Gasteiger partial charge on any atom is 0.315 e. The van der Waals surface area contributed by atoms with Gasteiger partial charge in [0.2, 0.25) is 5.91 Å². The zero-order valence-corrected chi connectivity index (χ0v) is 11.5. The van der Waals surface area contributed by atoms with Gasteiger partial charge in [-0.05, 0) is 23.3 Å². The molecule has 5 heteroatoms. The van der Waals surface area contributed by atoms with Crippen LogP contribution >= 0.6 is 0 Å². The number of amides is 3. The largest absolute Gasteiger partial charge is 0.366 e. The van der Waals surface area contributed by atoms with Crippen LogP contribution in [0.4, 0.5) is 4.79 Å². The van der Waals surface area contributed by atoms with Crippen LogP contribution in [0.3, 0.4) is 0 Å². The van der Waals surface area contributed by atoms with Crippen molar-refractivity contribution in [2.75, 3.05) is 0 Å². The van der Waals surface area contributed by atoms with Crippen molar-refractivity contribution < 1.29 is 9.59 Å². The lowest BCUT2D eigenvalue weighted by molar-refractivity contribution is 0.1000. The van der Waals surface area contributed by atoms with Gasteiger partial charge in [0.05, 0.1) is 0 Å². The van der Waals surface area contributed by atoms with E-state index in [1.54, 1.807) is 18.2 Å². The second-order valence-electron chi connectivity index (χ2n) is 4.59. The molecule has 0 aliphatic rings. The summed E-state index contributed by atoms with van der Waals surface area (Å²) < 4.78 is 0. The fourth-order valence-corrected chi connectivity index (χ4v) is 1.86. The number of carbonyl (C=O) groups is 2. The Kier molecular flexibility index (Phi) is 4.93. The van der Waals surface area contributed by atoms with Gasteiger partial charge in [0.25, 0.3) is 0 Å². The van der Waals surface area contributed by atoms with E-state index in [0.717, 1.165) is 11.1 Å². The van der Waals surface area contributed by atoms with E-state index in [9.17, 15) is 9.59 Å². The summed E-state index contributed by atoms with van der Waals surface area (Å²) in [5.74, 6) is -0.481. The van der Waals surface area contributed by atoms with Crippen LogP contribution in [0.5, 0.6) is 0 Å².